The predicted molar refractivity (Wildman–Crippen MR) is 60.8 cm³/mol. The van der Waals surface area contributed by atoms with Gasteiger partial charge in [-0.25, -0.2) is 15.6 Å². The Morgan fingerprint density at radius 3 is 2.59 bits per heavy atom. The molecule has 6 heteroatoms. The Morgan fingerprint density at radius 2 is 2.18 bits per heavy atom. The second-order valence-electron chi connectivity index (χ2n) is 5.33. The van der Waals surface area contributed by atoms with Crippen LogP contribution in [0.5, 0.6) is 0 Å². The molecule has 1 aliphatic heterocycles. The lowest BCUT2D eigenvalue weighted by Crippen LogP contribution is -2.45. The van der Waals surface area contributed by atoms with E-state index in [1.807, 2.05) is 0 Å². The van der Waals surface area contributed by atoms with Gasteiger partial charge in [0.1, 0.15) is 11.7 Å². The molecular formula is C11H20N2O4. The van der Waals surface area contributed by atoms with Crippen LogP contribution in [-0.2, 0) is 14.3 Å². The van der Waals surface area contributed by atoms with Gasteiger partial charge < -0.3 is 9.47 Å². The van der Waals surface area contributed by atoms with Gasteiger partial charge in [-0.1, -0.05) is 6.92 Å². The van der Waals surface area contributed by atoms with E-state index >= 15 is 0 Å². The molecule has 98 valence electrons. The van der Waals surface area contributed by atoms with Crippen molar-refractivity contribution in [3.8, 4) is 0 Å². The monoisotopic (exact) mass is 244 g/mol. The SMILES string of the molecule is C[C@H]1CC(CN(N)C(=O)OC(C)(C)C)OC1=O. The van der Waals surface area contributed by atoms with Crippen LogP contribution in [0.25, 0.3) is 0 Å². The Morgan fingerprint density at radius 1 is 1.59 bits per heavy atom. The van der Waals surface area contributed by atoms with Crippen molar-refractivity contribution in [2.75, 3.05) is 6.54 Å². The number of rotatable bonds is 2. The summed E-state index contributed by atoms with van der Waals surface area (Å²) < 4.78 is 10.1. The molecule has 0 radical (unpaired) electrons. The molecular weight excluding hydrogens is 224 g/mol. The first-order valence-electron chi connectivity index (χ1n) is 5.65. The molecule has 2 N–H and O–H groups in total. The normalized spacial score (nSPS) is 24.4. The standard InChI is InChI=1S/C11H20N2O4/c1-7-5-8(16-9(7)14)6-13(12)10(15)17-11(2,3)4/h7-8H,5-6,12H2,1-4H3/t7-,8?/m0/s1. The van der Waals surface area contributed by atoms with Crippen LogP contribution in [0.4, 0.5) is 4.79 Å². The van der Waals surface area contributed by atoms with Crippen molar-refractivity contribution in [2.45, 2.75) is 45.8 Å². The zero-order valence-corrected chi connectivity index (χ0v) is 10.7. The molecule has 1 aliphatic rings. The van der Waals surface area contributed by atoms with Gasteiger partial charge in [-0.2, -0.15) is 0 Å². The van der Waals surface area contributed by atoms with E-state index in [9.17, 15) is 9.59 Å². The molecule has 2 atom stereocenters. The first-order valence-corrected chi connectivity index (χ1v) is 5.65. The van der Waals surface area contributed by atoms with Crippen LogP contribution >= 0.6 is 0 Å². The third kappa shape index (κ3) is 4.22. The maximum atomic E-state index is 11.5. The van der Waals surface area contributed by atoms with E-state index < -0.39 is 11.7 Å². The van der Waals surface area contributed by atoms with Crippen LogP contribution in [0.2, 0.25) is 0 Å². The molecule has 0 bridgehead atoms. The van der Waals surface area contributed by atoms with Crippen molar-refractivity contribution in [3.63, 3.8) is 0 Å². The lowest BCUT2D eigenvalue weighted by molar-refractivity contribution is -0.144. The third-order valence-electron chi connectivity index (χ3n) is 2.33. The molecule has 1 fully saturated rings. The molecule has 6 nitrogen and oxygen atoms in total. The molecule has 0 aromatic rings. The molecule has 0 aromatic carbocycles. The molecule has 1 saturated heterocycles. The van der Waals surface area contributed by atoms with Gasteiger partial charge in [-0.05, 0) is 27.2 Å². The Labute approximate surface area is 101 Å². The fraction of sp³-hybridized carbons (Fsp3) is 0.818. The number of hydrogen-bond acceptors (Lipinski definition) is 5. The first kappa shape index (κ1) is 13.8. The summed E-state index contributed by atoms with van der Waals surface area (Å²) in [6.45, 7) is 7.23. The largest absolute Gasteiger partial charge is 0.460 e. The number of carbonyl (C=O) groups is 2. The molecule has 1 amide bonds. The Hall–Kier alpha value is -1.30. The molecule has 0 spiro atoms. The van der Waals surface area contributed by atoms with Crippen LogP contribution in [-0.4, -0.2) is 35.3 Å². The molecule has 0 aliphatic carbocycles. The lowest BCUT2D eigenvalue weighted by atomic mass is 10.1. The lowest BCUT2D eigenvalue weighted by Gasteiger charge is -2.25. The Balaban J connectivity index is 2.42. The van der Waals surface area contributed by atoms with Crippen LogP contribution in [0.1, 0.15) is 34.1 Å². The molecule has 1 unspecified atom stereocenters. The highest BCUT2D eigenvalue weighted by atomic mass is 16.6. The molecule has 17 heavy (non-hydrogen) atoms. The predicted octanol–water partition coefficient (Wildman–Crippen LogP) is 1.05. The number of ether oxygens (including phenoxy) is 2. The fourth-order valence-electron chi connectivity index (χ4n) is 1.55. The van der Waals surface area contributed by atoms with Crippen molar-refractivity contribution in [2.24, 2.45) is 11.8 Å². The number of carbonyl (C=O) groups excluding carboxylic acids is 2. The van der Waals surface area contributed by atoms with Gasteiger partial charge in [-0.15, -0.1) is 0 Å². The highest BCUT2D eigenvalue weighted by Gasteiger charge is 2.33. The number of nitrogens with two attached hydrogens (primary N) is 1. The Bertz CT molecular complexity index is 311. The van der Waals surface area contributed by atoms with Gasteiger partial charge >= 0.3 is 12.1 Å². The smallest absolute Gasteiger partial charge is 0.424 e. The third-order valence-corrected chi connectivity index (χ3v) is 2.33. The van der Waals surface area contributed by atoms with Crippen LogP contribution < -0.4 is 5.84 Å². The highest BCUT2D eigenvalue weighted by molar-refractivity contribution is 5.74. The quantitative estimate of drug-likeness (QED) is 0.340. The van der Waals surface area contributed by atoms with Gasteiger partial charge in [0.05, 0.1) is 12.5 Å². The summed E-state index contributed by atoms with van der Waals surface area (Å²) in [5, 5.41) is 0.946. The van der Waals surface area contributed by atoms with E-state index in [2.05, 4.69) is 0 Å². The van der Waals surface area contributed by atoms with Gasteiger partial charge in [0.25, 0.3) is 0 Å². The number of cyclic esters (lactones) is 1. The molecule has 1 heterocycles. The second kappa shape index (κ2) is 4.91. The summed E-state index contributed by atoms with van der Waals surface area (Å²) in [5.41, 5.74) is -0.589. The van der Waals surface area contributed by atoms with E-state index in [0.717, 1.165) is 5.01 Å². The summed E-state index contributed by atoms with van der Waals surface area (Å²) in [4.78, 5) is 22.7. The topological polar surface area (TPSA) is 81.9 Å². The molecule has 0 saturated carbocycles. The summed E-state index contributed by atoms with van der Waals surface area (Å²) >= 11 is 0. The first-order chi connectivity index (χ1) is 7.69. The molecule has 1 rings (SSSR count). The summed E-state index contributed by atoms with van der Waals surface area (Å²) in [6.07, 6.45) is -0.377. The summed E-state index contributed by atoms with van der Waals surface area (Å²) in [6, 6.07) is 0. The zero-order valence-electron chi connectivity index (χ0n) is 10.7. The van der Waals surface area contributed by atoms with E-state index in [1.165, 1.54) is 0 Å². The summed E-state index contributed by atoms with van der Waals surface area (Å²) in [7, 11) is 0. The zero-order chi connectivity index (χ0) is 13.2. The van der Waals surface area contributed by atoms with Crippen LogP contribution in [0, 0.1) is 5.92 Å². The van der Waals surface area contributed by atoms with Gasteiger partial charge in [0.2, 0.25) is 0 Å². The van der Waals surface area contributed by atoms with E-state index in [1.54, 1.807) is 27.7 Å². The van der Waals surface area contributed by atoms with Crippen molar-refractivity contribution in [3.05, 3.63) is 0 Å². The summed E-state index contributed by atoms with van der Waals surface area (Å²) in [5.74, 6) is 5.19. The number of hydrazine groups is 1. The number of hydrogen-bond donors (Lipinski definition) is 1. The van der Waals surface area contributed by atoms with Crippen molar-refractivity contribution >= 4 is 12.1 Å². The highest BCUT2D eigenvalue weighted by Crippen LogP contribution is 2.21. The van der Waals surface area contributed by atoms with Crippen LogP contribution in [0.15, 0.2) is 0 Å². The number of nitrogens with zero attached hydrogens (tertiary/aromatic N) is 1. The van der Waals surface area contributed by atoms with E-state index in [0.29, 0.717) is 6.42 Å². The van der Waals surface area contributed by atoms with Crippen molar-refractivity contribution in [1.29, 1.82) is 0 Å². The number of esters is 1. The minimum Gasteiger partial charge on any atom is -0.460 e. The maximum absolute atomic E-state index is 11.5. The Kier molecular flexibility index (Phi) is 3.98. The minimum absolute atomic E-state index is 0.132. The van der Waals surface area contributed by atoms with E-state index in [-0.39, 0.29) is 24.5 Å². The van der Waals surface area contributed by atoms with Gasteiger partial charge in [0.15, 0.2) is 0 Å². The van der Waals surface area contributed by atoms with Gasteiger partial charge in [-0.3, -0.25) is 4.79 Å². The fourth-order valence-corrected chi connectivity index (χ4v) is 1.55. The average molecular weight is 244 g/mol. The average Bonchev–Trinajstić information content (AvgIpc) is 2.42. The van der Waals surface area contributed by atoms with Crippen molar-refractivity contribution in [1.82, 2.24) is 5.01 Å². The van der Waals surface area contributed by atoms with Crippen molar-refractivity contribution < 1.29 is 19.1 Å². The maximum Gasteiger partial charge on any atom is 0.424 e. The van der Waals surface area contributed by atoms with Gasteiger partial charge in [0, 0.05) is 0 Å². The molecule has 0 aromatic heterocycles. The number of amides is 1. The second-order valence-corrected chi connectivity index (χ2v) is 5.33. The minimum atomic E-state index is -0.617. The van der Waals surface area contributed by atoms with Crippen LogP contribution in [0.3, 0.4) is 0 Å². The van der Waals surface area contributed by atoms with E-state index in [4.69, 9.17) is 15.3 Å².